The van der Waals surface area contributed by atoms with Gasteiger partial charge in [-0.15, -0.1) is 0 Å². The van der Waals surface area contributed by atoms with Crippen LogP contribution in [0.4, 0.5) is 0 Å². The minimum absolute atomic E-state index is 0.116. The van der Waals surface area contributed by atoms with Crippen LogP contribution in [0.1, 0.15) is 31.7 Å². The molecular formula is C13H16BrNO4. The molecule has 2 rings (SSSR count). The molecule has 0 spiro atoms. The van der Waals surface area contributed by atoms with E-state index in [4.69, 9.17) is 9.47 Å². The van der Waals surface area contributed by atoms with Crippen LogP contribution < -0.4 is 4.74 Å². The lowest BCUT2D eigenvalue weighted by Crippen LogP contribution is -2.42. The standard InChI is InChI=1S/C13H16BrNO4/c1-3-18-13(2)7-9(8-15(16)17)11-6-10(14)4-5-12(11)19-13/h4-6,9H,3,7-8H2,1-2H3/t9-,13+/m1/s1. The molecule has 0 saturated heterocycles. The highest BCUT2D eigenvalue weighted by Gasteiger charge is 2.40. The Kier molecular flexibility index (Phi) is 4.10. The zero-order valence-electron chi connectivity index (χ0n) is 10.9. The molecule has 1 heterocycles. The summed E-state index contributed by atoms with van der Waals surface area (Å²) in [6, 6.07) is 5.57. The van der Waals surface area contributed by atoms with Crippen molar-refractivity contribution < 1.29 is 14.4 Å². The summed E-state index contributed by atoms with van der Waals surface area (Å²) in [5, 5.41) is 10.8. The number of ether oxygens (including phenoxy) is 2. The van der Waals surface area contributed by atoms with Gasteiger partial charge in [0.1, 0.15) is 5.75 Å². The van der Waals surface area contributed by atoms with Gasteiger partial charge < -0.3 is 9.47 Å². The number of hydrogen-bond donors (Lipinski definition) is 0. The molecule has 1 aliphatic heterocycles. The van der Waals surface area contributed by atoms with Gasteiger partial charge in [-0.25, -0.2) is 0 Å². The highest BCUT2D eigenvalue weighted by molar-refractivity contribution is 9.10. The average Bonchev–Trinajstić information content (AvgIpc) is 2.29. The molecule has 0 saturated carbocycles. The van der Waals surface area contributed by atoms with Gasteiger partial charge in [0.15, 0.2) is 0 Å². The van der Waals surface area contributed by atoms with Crippen LogP contribution in [0.15, 0.2) is 22.7 Å². The molecule has 104 valence electrons. The molecule has 0 aromatic heterocycles. The molecule has 0 unspecified atom stereocenters. The van der Waals surface area contributed by atoms with Gasteiger partial charge in [-0.3, -0.25) is 10.1 Å². The van der Waals surface area contributed by atoms with E-state index in [0.29, 0.717) is 18.8 Å². The van der Waals surface area contributed by atoms with E-state index in [1.807, 2.05) is 32.0 Å². The van der Waals surface area contributed by atoms with E-state index in [1.54, 1.807) is 0 Å². The maximum atomic E-state index is 10.8. The van der Waals surface area contributed by atoms with Crippen molar-refractivity contribution in [1.29, 1.82) is 0 Å². The lowest BCUT2D eigenvalue weighted by atomic mass is 9.88. The van der Waals surface area contributed by atoms with Crippen LogP contribution in [-0.4, -0.2) is 23.9 Å². The van der Waals surface area contributed by atoms with E-state index < -0.39 is 5.79 Å². The fourth-order valence-electron chi connectivity index (χ4n) is 2.50. The Morgan fingerprint density at radius 2 is 2.37 bits per heavy atom. The van der Waals surface area contributed by atoms with E-state index in [2.05, 4.69) is 15.9 Å². The summed E-state index contributed by atoms with van der Waals surface area (Å²) in [5.41, 5.74) is 0.864. The molecule has 0 fully saturated rings. The zero-order valence-corrected chi connectivity index (χ0v) is 12.5. The molecule has 0 radical (unpaired) electrons. The van der Waals surface area contributed by atoms with Gasteiger partial charge in [0.05, 0.1) is 5.92 Å². The zero-order chi connectivity index (χ0) is 14.0. The molecule has 1 aliphatic rings. The summed E-state index contributed by atoms with van der Waals surface area (Å²) < 4.78 is 12.4. The maximum Gasteiger partial charge on any atom is 0.211 e. The third-order valence-corrected chi connectivity index (χ3v) is 3.67. The van der Waals surface area contributed by atoms with Gasteiger partial charge in [-0.1, -0.05) is 15.9 Å². The van der Waals surface area contributed by atoms with Gasteiger partial charge in [-0.2, -0.15) is 0 Å². The minimum atomic E-state index is -0.795. The van der Waals surface area contributed by atoms with Gasteiger partial charge in [0, 0.05) is 34.9 Å². The number of benzene rings is 1. The number of rotatable bonds is 4. The van der Waals surface area contributed by atoms with E-state index >= 15 is 0 Å². The van der Waals surface area contributed by atoms with E-state index in [0.717, 1.165) is 10.0 Å². The van der Waals surface area contributed by atoms with Crippen LogP contribution in [0.2, 0.25) is 0 Å². The maximum absolute atomic E-state index is 10.8. The summed E-state index contributed by atoms with van der Waals surface area (Å²) in [4.78, 5) is 10.6. The van der Waals surface area contributed by atoms with Crippen molar-refractivity contribution >= 4 is 15.9 Å². The van der Waals surface area contributed by atoms with E-state index in [1.165, 1.54) is 0 Å². The Labute approximate surface area is 120 Å². The predicted molar refractivity (Wildman–Crippen MR) is 74.0 cm³/mol. The van der Waals surface area contributed by atoms with Crippen molar-refractivity contribution in [1.82, 2.24) is 0 Å². The second-order valence-corrected chi connectivity index (χ2v) is 5.68. The second kappa shape index (κ2) is 5.46. The SMILES string of the molecule is CCO[C@]1(C)C[C@H](C[N+](=O)[O-])c2cc(Br)ccc2O1. The highest BCUT2D eigenvalue weighted by atomic mass is 79.9. The first-order chi connectivity index (χ1) is 8.93. The summed E-state index contributed by atoms with van der Waals surface area (Å²) in [6.07, 6.45) is 0.477. The Morgan fingerprint density at radius 3 is 3.00 bits per heavy atom. The number of fused-ring (bicyclic) bond motifs is 1. The van der Waals surface area contributed by atoms with E-state index in [9.17, 15) is 10.1 Å². The average molecular weight is 330 g/mol. The Bertz CT molecular complexity index is 494. The van der Waals surface area contributed by atoms with Crippen molar-refractivity contribution in [2.24, 2.45) is 0 Å². The topological polar surface area (TPSA) is 61.6 Å². The lowest BCUT2D eigenvalue weighted by Gasteiger charge is -2.38. The summed E-state index contributed by atoms with van der Waals surface area (Å²) >= 11 is 3.39. The Morgan fingerprint density at radius 1 is 1.63 bits per heavy atom. The fourth-order valence-corrected chi connectivity index (χ4v) is 2.88. The molecule has 0 aliphatic carbocycles. The Balaban J connectivity index is 2.37. The monoisotopic (exact) mass is 329 g/mol. The van der Waals surface area contributed by atoms with Crippen molar-refractivity contribution in [3.05, 3.63) is 38.3 Å². The molecule has 19 heavy (non-hydrogen) atoms. The quantitative estimate of drug-likeness (QED) is 0.627. The molecule has 0 amide bonds. The normalized spacial score (nSPS) is 25.5. The van der Waals surface area contributed by atoms with Crippen LogP contribution in [0.5, 0.6) is 5.75 Å². The van der Waals surface area contributed by atoms with Crippen molar-refractivity contribution in [2.45, 2.75) is 32.0 Å². The second-order valence-electron chi connectivity index (χ2n) is 4.77. The summed E-state index contributed by atoms with van der Waals surface area (Å²) in [5.74, 6) is -0.332. The van der Waals surface area contributed by atoms with Gasteiger partial charge in [0.25, 0.3) is 0 Å². The van der Waals surface area contributed by atoms with Crippen LogP contribution in [0.3, 0.4) is 0 Å². The number of hydrogen-bond acceptors (Lipinski definition) is 4. The number of halogens is 1. The molecule has 1 aromatic rings. The first-order valence-electron chi connectivity index (χ1n) is 6.18. The number of nitrogens with zero attached hydrogens (tertiary/aromatic N) is 1. The third-order valence-electron chi connectivity index (χ3n) is 3.17. The Hall–Kier alpha value is -1.14. The molecule has 0 bridgehead atoms. The van der Waals surface area contributed by atoms with Crippen molar-refractivity contribution in [3.8, 4) is 5.75 Å². The van der Waals surface area contributed by atoms with Crippen LogP contribution in [0.25, 0.3) is 0 Å². The highest BCUT2D eigenvalue weighted by Crippen LogP contribution is 2.42. The molecule has 2 atom stereocenters. The van der Waals surface area contributed by atoms with E-state index in [-0.39, 0.29) is 17.4 Å². The number of nitro groups is 1. The van der Waals surface area contributed by atoms with Crippen LogP contribution >= 0.6 is 15.9 Å². The molecule has 0 N–H and O–H groups in total. The smallest absolute Gasteiger partial charge is 0.211 e. The largest absolute Gasteiger partial charge is 0.462 e. The molecular weight excluding hydrogens is 314 g/mol. The van der Waals surface area contributed by atoms with Crippen LogP contribution in [-0.2, 0) is 4.74 Å². The minimum Gasteiger partial charge on any atom is -0.462 e. The van der Waals surface area contributed by atoms with Crippen molar-refractivity contribution in [3.63, 3.8) is 0 Å². The lowest BCUT2D eigenvalue weighted by molar-refractivity contribution is -0.485. The molecule has 5 nitrogen and oxygen atoms in total. The summed E-state index contributed by atoms with van der Waals surface area (Å²) in [6.45, 7) is 4.10. The molecule has 1 aromatic carbocycles. The van der Waals surface area contributed by atoms with Gasteiger partial charge >= 0.3 is 0 Å². The summed E-state index contributed by atoms with van der Waals surface area (Å²) in [7, 11) is 0. The fraction of sp³-hybridized carbons (Fsp3) is 0.538. The van der Waals surface area contributed by atoms with Gasteiger partial charge in [0.2, 0.25) is 12.3 Å². The first-order valence-corrected chi connectivity index (χ1v) is 6.97. The molecule has 6 heteroatoms. The van der Waals surface area contributed by atoms with Crippen molar-refractivity contribution in [2.75, 3.05) is 13.2 Å². The predicted octanol–water partition coefficient (Wildman–Crippen LogP) is 3.34. The van der Waals surface area contributed by atoms with Crippen LogP contribution in [0, 0.1) is 10.1 Å². The van der Waals surface area contributed by atoms with Gasteiger partial charge in [-0.05, 0) is 25.1 Å². The third kappa shape index (κ3) is 3.25. The first kappa shape index (κ1) is 14.3.